The van der Waals surface area contributed by atoms with Gasteiger partial charge in [-0.3, -0.25) is 9.48 Å². The quantitative estimate of drug-likeness (QED) is 0.671. The first-order valence-electron chi connectivity index (χ1n) is 9.40. The third-order valence-corrected chi connectivity index (χ3v) is 5.14. The molecular formula is C20H27N3O3. The molecule has 6 nitrogen and oxygen atoms in total. The number of hydrogen-bond donors (Lipinski definition) is 0. The zero-order chi connectivity index (χ0) is 18.4. The van der Waals surface area contributed by atoms with Gasteiger partial charge in [0.05, 0.1) is 25.5 Å². The molecule has 0 aromatic carbocycles. The minimum Gasteiger partial charge on any atom is -0.491 e. The summed E-state index contributed by atoms with van der Waals surface area (Å²) in [6.07, 6.45) is 10.1. The Labute approximate surface area is 154 Å². The van der Waals surface area contributed by atoms with E-state index in [4.69, 9.17) is 9.47 Å². The van der Waals surface area contributed by atoms with Gasteiger partial charge in [0.15, 0.2) is 6.29 Å². The van der Waals surface area contributed by atoms with Crippen LogP contribution in [0, 0.1) is 5.92 Å². The number of hydrogen-bond acceptors (Lipinski definition) is 5. The van der Waals surface area contributed by atoms with Gasteiger partial charge in [0.1, 0.15) is 5.75 Å². The number of carbonyl (C=O) groups excluding carboxylic acids is 1. The third-order valence-electron chi connectivity index (χ3n) is 5.14. The van der Waals surface area contributed by atoms with Crippen LogP contribution in [0.4, 0.5) is 0 Å². The van der Waals surface area contributed by atoms with Crippen LogP contribution in [-0.2, 0) is 6.54 Å². The molecular weight excluding hydrogens is 330 g/mol. The topological polar surface area (TPSA) is 66.2 Å². The van der Waals surface area contributed by atoms with Crippen LogP contribution in [0.3, 0.4) is 0 Å². The summed E-state index contributed by atoms with van der Waals surface area (Å²) in [5, 5.41) is 4.49. The number of rotatable bonds is 8. The van der Waals surface area contributed by atoms with Gasteiger partial charge in [-0.05, 0) is 25.3 Å². The molecule has 3 rings (SSSR count). The van der Waals surface area contributed by atoms with Gasteiger partial charge in [-0.2, -0.15) is 5.10 Å². The average molecular weight is 357 g/mol. The Morgan fingerprint density at radius 3 is 2.96 bits per heavy atom. The Morgan fingerprint density at radius 1 is 1.35 bits per heavy atom. The van der Waals surface area contributed by atoms with E-state index in [0.29, 0.717) is 35.6 Å². The van der Waals surface area contributed by atoms with E-state index in [1.165, 1.54) is 25.6 Å². The van der Waals surface area contributed by atoms with E-state index < -0.39 is 0 Å². The van der Waals surface area contributed by atoms with Gasteiger partial charge in [0.25, 0.3) is 0 Å². The molecule has 2 atom stereocenters. The molecule has 0 aliphatic heterocycles. The van der Waals surface area contributed by atoms with Crippen molar-refractivity contribution in [2.75, 3.05) is 13.7 Å². The summed E-state index contributed by atoms with van der Waals surface area (Å²) < 4.78 is 13.2. The highest BCUT2D eigenvalue weighted by Crippen LogP contribution is 2.38. The molecule has 0 spiro atoms. The molecule has 1 fully saturated rings. The van der Waals surface area contributed by atoms with E-state index in [1.54, 1.807) is 12.3 Å². The van der Waals surface area contributed by atoms with Crippen molar-refractivity contribution in [1.82, 2.24) is 14.8 Å². The van der Waals surface area contributed by atoms with Crippen molar-refractivity contribution in [3.8, 4) is 11.6 Å². The minimum absolute atomic E-state index is 0.414. The molecule has 2 aromatic rings. The molecule has 6 heteroatoms. The van der Waals surface area contributed by atoms with Gasteiger partial charge in [-0.25, -0.2) is 4.98 Å². The summed E-state index contributed by atoms with van der Waals surface area (Å²) in [7, 11) is 1.53. The Balaban J connectivity index is 1.73. The fourth-order valence-electron chi connectivity index (χ4n) is 3.81. The lowest BCUT2D eigenvalue weighted by atomic mass is 9.78. The predicted molar refractivity (Wildman–Crippen MR) is 98.9 cm³/mol. The van der Waals surface area contributed by atoms with Gasteiger partial charge in [-0.1, -0.05) is 19.8 Å². The van der Waals surface area contributed by atoms with Crippen LogP contribution in [0.5, 0.6) is 11.6 Å². The molecule has 0 N–H and O–H groups in total. The highest BCUT2D eigenvalue weighted by Gasteiger charge is 2.29. The average Bonchev–Trinajstić information content (AvgIpc) is 3.15. The molecule has 0 radical (unpaired) electrons. The number of nitrogens with zero attached hydrogens (tertiary/aromatic N) is 3. The summed E-state index contributed by atoms with van der Waals surface area (Å²) in [5.41, 5.74) is 1.78. The highest BCUT2D eigenvalue weighted by atomic mass is 16.5. The number of aryl methyl sites for hydroxylation is 1. The van der Waals surface area contributed by atoms with E-state index in [9.17, 15) is 4.79 Å². The monoisotopic (exact) mass is 357 g/mol. The van der Waals surface area contributed by atoms with E-state index in [2.05, 4.69) is 27.8 Å². The molecule has 1 aliphatic rings. The maximum Gasteiger partial charge on any atom is 0.213 e. The number of aromatic nitrogens is 3. The van der Waals surface area contributed by atoms with Crippen molar-refractivity contribution in [2.24, 2.45) is 5.92 Å². The van der Waals surface area contributed by atoms with Crippen molar-refractivity contribution in [3.05, 3.63) is 35.8 Å². The molecule has 2 unspecified atom stereocenters. The Bertz CT molecular complexity index is 729. The highest BCUT2D eigenvalue weighted by molar-refractivity contribution is 5.79. The fourth-order valence-corrected chi connectivity index (χ4v) is 3.81. The zero-order valence-corrected chi connectivity index (χ0v) is 15.6. The third kappa shape index (κ3) is 4.06. The molecule has 140 valence electrons. The lowest BCUT2D eigenvalue weighted by Gasteiger charge is -2.32. The second kappa shape index (κ2) is 8.83. The van der Waals surface area contributed by atoms with Gasteiger partial charge >= 0.3 is 0 Å². The predicted octanol–water partition coefficient (Wildman–Crippen LogP) is 3.86. The van der Waals surface area contributed by atoms with Crippen LogP contribution in [0.2, 0.25) is 0 Å². The molecule has 0 saturated heterocycles. The van der Waals surface area contributed by atoms with Crippen LogP contribution in [-0.4, -0.2) is 34.8 Å². The number of pyridine rings is 1. The molecule has 0 amide bonds. The summed E-state index contributed by atoms with van der Waals surface area (Å²) >= 11 is 0. The Morgan fingerprint density at radius 2 is 2.19 bits per heavy atom. The first-order chi connectivity index (χ1) is 12.8. The zero-order valence-electron chi connectivity index (χ0n) is 15.6. The van der Waals surface area contributed by atoms with Gasteiger partial charge in [-0.15, -0.1) is 0 Å². The van der Waals surface area contributed by atoms with Crippen molar-refractivity contribution >= 4 is 6.29 Å². The Hall–Kier alpha value is -2.37. The smallest absolute Gasteiger partial charge is 0.213 e. The maximum absolute atomic E-state index is 11.3. The molecule has 1 aliphatic carbocycles. The van der Waals surface area contributed by atoms with Crippen LogP contribution >= 0.6 is 0 Å². The summed E-state index contributed by atoms with van der Waals surface area (Å²) in [5.74, 6) is 1.80. The van der Waals surface area contributed by atoms with E-state index in [0.717, 1.165) is 32.1 Å². The van der Waals surface area contributed by atoms with E-state index >= 15 is 0 Å². The lowest BCUT2D eigenvalue weighted by Crippen LogP contribution is -2.26. The first kappa shape index (κ1) is 18.4. The fraction of sp³-hybridized carbons (Fsp3) is 0.550. The van der Waals surface area contributed by atoms with Gasteiger partial charge in [0, 0.05) is 36.3 Å². The normalized spacial score (nSPS) is 19.9. The van der Waals surface area contributed by atoms with Crippen LogP contribution in [0.25, 0.3) is 0 Å². The molecule has 2 heterocycles. The lowest BCUT2D eigenvalue weighted by molar-refractivity contribution is 0.111. The van der Waals surface area contributed by atoms with E-state index in [1.807, 2.05) is 6.20 Å². The largest absolute Gasteiger partial charge is 0.491 e. The van der Waals surface area contributed by atoms with Crippen LogP contribution in [0.15, 0.2) is 24.5 Å². The van der Waals surface area contributed by atoms with Gasteiger partial charge < -0.3 is 9.47 Å². The minimum atomic E-state index is 0.414. The number of carbonyl (C=O) groups is 1. The SMILES string of the molecule is CCCn1nccc1C1CCCCC1COc1cnc(OC)cc1C=O. The molecule has 1 saturated carbocycles. The van der Waals surface area contributed by atoms with E-state index in [-0.39, 0.29) is 0 Å². The molecule has 2 aromatic heterocycles. The summed E-state index contributed by atoms with van der Waals surface area (Å²) in [4.78, 5) is 15.5. The second-order valence-electron chi connectivity index (χ2n) is 6.82. The molecule has 26 heavy (non-hydrogen) atoms. The van der Waals surface area contributed by atoms with Crippen molar-refractivity contribution in [2.45, 2.75) is 51.5 Å². The number of ether oxygens (including phenoxy) is 2. The summed E-state index contributed by atoms with van der Waals surface area (Å²) in [6.45, 7) is 3.70. The molecule has 0 bridgehead atoms. The Kier molecular flexibility index (Phi) is 6.26. The van der Waals surface area contributed by atoms with Crippen LogP contribution in [0.1, 0.15) is 61.0 Å². The van der Waals surface area contributed by atoms with Crippen molar-refractivity contribution in [3.63, 3.8) is 0 Å². The standard InChI is InChI=1S/C20H27N3O3/c1-3-10-23-18(8-9-22-23)17-7-5-4-6-15(17)14-26-19-12-21-20(25-2)11-16(19)13-24/h8-9,11-13,15,17H,3-7,10,14H2,1-2H3. The van der Waals surface area contributed by atoms with Crippen molar-refractivity contribution < 1.29 is 14.3 Å². The van der Waals surface area contributed by atoms with Crippen LogP contribution < -0.4 is 9.47 Å². The number of methoxy groups -OCH3 is 1. The second-order valence-corrected chi connectivity index (χ2v) is 6.82. The first-order valence-corrected chi connectivity index (χ1v) is 9.40. The number of aldehydes is 1. The maximum atomic E-state index is 11.3. The van der Waals surface area contributed by atoms with Gasteiger partial charge in [0.2, 0.25) is 5.88 Å². The summed E-state index contributed by atoms with van der Waals surface area (Å²) in [6, 6.07) is 3.75. The van der Waals surface area contributed by atoms with Crippen molar-refractivity contribution in [1.29, 1.82) is 0 Å².